The van der Waals surface area contributed by atoms with Crippen LogP contribution in [0, 0.1) is 0 Å². The van der Waals surface area contributed by atoms with Crippen LogP contribution in [0.3, 0.4) is 0 Å². The van der Waals surface area contributed by atoms with Crippen molar-refractivity contribution in [3.63, 3.8) is 0 Å². The maximum absolute atomic E-state index is 12.2. The van der Waals surface area contributed by atoms with Crippen molar-refractivity contribution in [2.75, 3.05) is 10.6 Å². The summed E-state index contributed by atoms with van der Waals surface area (Å²) in [6, 6.07) is 12.5. The molecule has 0 saturated carbocycles. The molecule has 0 radical (unpaired) electrons. The van der Waals surface area contributed by atoms with Crippen molar-refractivity contribution in [3.05, 3.63) is 66.0 Å². The lowest BCUT2D eigenvalue weighted by Gasteiger charge is -2.23. The van der Waals surface area contributed by atoms with E-state index in [9.17, 15) is 9.59 Å². The molecular weight excluding hydrogens is 320 g/mol. The summed E-state index contributed by atoms with van der Waals surface area (Å²) in [6.07, 6.45) is 3.33. The van der Waals surface area contributed by atoms with Crippen LogP contribution in [-0.2, 0) is 4.79 Å². The second-order valence-corrected chi connectivity index (χ2v) is 5.57. The molecule has 3 aromatic rings. The lowest BCUT2D eigenvalue weighted by molar-refractivity contribution is -0.117. The number of carbonyl (C=O) groups is 2. The predicted molar refractivity (Wildman–Crippen MR) is 90.0 cm³/mol. The number of hydrogen-bond acceptors (Lipinski definition) is 5. The predicted octanol–water partition coefficient (Wildman–Crippen LogP) is 1.86. The molecule has 0 aliphatic carbocycles. The SMILES string of the molecule is O=C1CC(c2ccccc2)n2nc(NC(=O)c3ccncc3)nc2N1. The Balaban J connectivity index is 1.63. The lowest BCUT2D eigenvalue weighted by atomic mass is 10.0. The molecule has 0 bridgehead atoms. The third-order valence-electron chi connectivity index (χ3n) is 3.91. The van der Waals surface area contributed by atoms with Gasteiger partial charge in [-0.1, -0.05) is 30.3 Å². The zero-order chi connectivity index (χ0) is 17.2. The van der Waals surface area contributed by atoms with E-state index in [0.29, 0.717) is 11.5 Å². The fourth-order valence-electron chi connectivity index (χ4n) is 2.73. The zero-order valence-electron chi connectivity index (χ0n) is 13.1. The first-order valence-electron chi connectivity index (χ1n) is 7.73. The lowest BCUT2D eigenvalue weighted by Crippen LogP contribution is -2.29. The van der Waals surface area contributed by atoms with Gasteiger partial charge in [-0.15, -0.1) is 5.10 Å². The van der Waals surface area contributed by atoms with E-state index in [4.69, 9.17) is 0 Å². The van der Waals surface area contributed by atoms with Crippen LogP contribution < -0.4 is 10.6 Å². The smallest absolute Gasteiger partial charge is 0.258 e. The van der Waals surface area contributed by atoms with Crippen LogP contribution in [0.4, 0.5) is 11.9 Å². The summed E-state index contributed by atoms with van der Waals surface area (Å²) in [6.45, 7) is 0. The summed E-state index contributed by atoms with van der Waals surface area (Å²) in [7, 11) is 0. The van der Waals surface area contributed by atoms with Crippen molar-refractivity contribution in [2.24, 2.45) is 0 Å². The average molecular weight is 334 g/mol. The second kappa shape index (κ2) is 6.16. The van der Waals surface area contributed by atoms with E-state index in [1.165, 1.54) is 12.4 Å². The third-order valence-corrected chi connectivity index (χ3v) is 3.91. The molecule has 124 valence electrons. The van der Waals surface area contributed by atoms with Gasteiger partial charge in [-0.25, -0.2) is 4.68 Å². The van der Waals surface area contributed by atoms with E-state index in [2.05, 4.69) is 25.7 Å². The zero-order valence-corrected chi connectivity index (χ0v) is 13.1. The maximum Gasteiger partial charge on any atom is 0.258 e. The van der Waals surface area contributed by atoms with E-state index in [0.717, 1.165) is 5.56 Å². The number of nitrogens with one attached hydrogen (secondary N) is 2. The van der Waals surface area contributed by atoms with Crippen molar-refractivity contribution < 1.29 is 9.59 Å². The molecule has 1 aliphatic rings. The number of rotatable bonds is 3. The first-order chi connectivity index (χ1) is 12.2. The van der Waals surface area contributed by atoms with E-state index in [1.54, 1.807) is 16.8 Å². The summed E-state index contributed by atoms with van der Waals surface area (Å²) < 4.78 is 1.62. The average Bonchev–Trinajstić information content (AvgIpc) is 3.04. The van der Waals surface area contributed by atoms with Crippen LogP contribution in [0.15, 0.2) is 54.9 Å². The molecule has 3 heterocycles. The Hall–Kier alpha value is -3.55. The highest BCUT2D eigenvalue weighted by atomic mass is 16.2. The molecule has 1 aliphatic heterocycles. The highest BCUT2D eigenvalue weighted by Crippen LogP contribution is 2.29. The van der Waals surface area contributed by atoms with Gasteiger partial charge in [-0.3, -0.25) is 25.2 Å². The molecule has 1 unspecified atom stereocenters. The Morgan fingerprint density at radius 1 is 1.16 bits per heavy atom. The highest BCUT2D eigenvalue weighted by molar-refractivity contribution is 6.03. The normalized spacial score (nSPS) is 16.0. The van der Waals surface area contributed by atoms with Gasteiger partial charge in [0.2, 0.25) is 11.9 Å². The van der Waals surface area contributed by atoms with Crippen molar-refractivity contribution in [3.8, 4) is 0 Å². The minimum absolute atomic E-state index is 0.138. The van der Waals surface area contributed by atoms with Crippen molar-refractivity contribution in [1.29, 1.82) is 0 Å². The van der Waals surface area contributed by atoms with Crippen LogP contribution in [0.5, 0.6) is 0 Å². The van der Waals surface area contributed by atoms with Crippen LogP contribution >= 0.6 is 0 Å². The summed E-state index contributed by atoms with van der Waals surface area (Å²) in [5.41, 5.74) is 1.40. The number of aromatic nitrogens is 4. The van der Waals surface area contributed by atoms with Crippen LogP contribution in [0.2, 0.25) is 0 Å². The summed E-state index contributed by atoms with van der Waals surface area (Å²) in [4.78, 5) is 32.3. The molecule has 0 fully saturated rings. The van der Waals surface area contributed by atoms with Gasteiger partial charge in [-0.05, 0) is 17.7 Å². The number of fused-ring (bicyclic) bond motifs is 1. The molecule has 4 rings (SSSR count). The number of benzene rings is 1. The molecule has 1 aromatic carbocycles. The summed E-state index contributed by atoms with van der Waals surface area (Å²) >= 11 is 0. The topological polar surface area (TPSA) is 102 Å². The fraction of sp³-hybridized carbons (Fsp3) is 0.118. The maximum atomic E-state index is 12.2. The van der Waals surface area contributed by atoms with Crippen molar-refractivity contribution in [2.45, 2.75) is 12.5 Å². The minimum Gasteiger partial charge on any atom is -0.295 e. The van der Waals surface area contributed by atoms with E-state index >= 15 is 0 Å². The number of hydrogen-bond donors (Lipinski definition) is 2. The van der Waals surface area contributed by atoms with Gasteiger partial charge in [-0.2, -0.15) is 4.98 Å². The molecule has 2 aromatic heterocycles. The van der Waals surface area contributed by atoms with E-state index < -0.39 is 0 Å². The molecule has 1 atom stereocenters. The van der Waals surface area contributed by atoms with Gasteiger partial charge in [0.15, 0.2) is 0 Å². The van der Waals surface area contributed by atoms with Gasteiger partial charge in [0.25, 0.3) is 11.9 Å². The molecule has 2 amide bonds. The van der Waals surface area contributed by atoms with Crippen LogP contribution in [0.1, 0.15) is 28.4 Å². The quantitative estimate of drug-likeness (QED) is 0.761. The largest absolute Gasteiger partial charge is 0.295 e. The summed E-state index contributed by atoms with van der Waals surface area (Å²) in [5, 5.41) is 9.68. The number of nitrogens with zero attached hydrogens (tertiary/aromatic N) is 4. The molecule has 8 heteroatoms. The van der Waals surface area contributed by atoms with Gasteiger partial charge in [0.05, 0.1) is 12.5 Å². The standard InChI is InChI=1S/C17H14N6O2/c24-14-10-13(11-4-2-1-3-5-11)23-17(19-14)21-16(22-23)20-15(25)12-6-8-18-9-7-12/h1-9,13H,10H2,(H2,19,20,21,22,24,25). The Kier molecular flexibility index (Phi) is 3.70. The number of carbonyl (C=O) groups excluding carboxylic acids is 2. The molecule has 8 nitrogen and oxygen atoms in total. The Labute approximate surface area is 142 Å². The number of pyridine rings is 1. The minimum atomic E-state index is -0.340. The van der Waals surface area contributed by atoms with E-state index in [1.807, 2.05) is 30.3 Å². The second-order valence-electron chi connectivity index (χ2n) is 5.57. The molecule has 25 heavy (non-hydrogen) atoms. The Bertz CT molecular complexity index is 923. The summed E-state index contributed by atoms with van der Waals surface area (Å²) in [5.74, 6) is -0.0243. The highest BCUT2D eigenvalue weighted by Gasteiger charge is 2.29. The van der Waals surface area contributed by atoms with Crippen LogP contribution in [-0.4, -0.2) is 31.6 Å². The number of amides is 2. The van der Waals surface area contributed by atoms with Gasteiger partial charge in [0, 0.05) is 18.0 Å². The Morgan fingerprint density at radius 3 is 2.68 bits per heavy atom. The monoisotopic (exact) mass is 334 g/mol. The number of anilines is 2. The Morgan fingerprint density at radius 2 is 1.92 bits per heavy atom. The molecule has 0 spiro atoms. The van der Waals surface area contributed by atoms with Crippen molar-refractivity contribution in [1.82, 2.24) is 19.7 Å². The van der Waals surface area contributed by atoms with Gasteiger partial charge < -0.3 is 0 Å². The van der Waals surface area contributed by atoms with E-state index in [-0.39, 0.29) is 30.2 Å². The van der Waals surface area contributed by atoms with Crippen LogP contribution in [0.25, 0.3) is 0 Å². The van der Waals surface area contributed by atoms with Gasteiger partial charge in [0.1, 0.15) is 0 Å². The molecular formula is C17H14N6O2. The molecule has 2 N–H and O–H groups in total. The van der Waals surface area contributed by atoms with Crippen molar-refractivity contribution >= 4 is 23.7 Å². The third kappa shape index (κ3) is 2.97. The van der Waals surface area contributed by atoms with Gasteiger partial charge >= 0.3 is 0 Å². The first kappa shape index (κ1) is 15.0. The fourth-order valence-corrected chi connectivity index (χ4v) is 2.73. The first-order valence-corrected chi connectivity index (χ1v) is 7.73. The molecule has 0 saturated heterocycles.